The predicted molar refractivity (Wildman–Crippen MR) is 190 cm³/mol. The van der Waals surface area contributed by atoms with Crippen molar-refractivity contribution in [3.8, 4) is 0 Å². The molecule has 3 aliphatic rings. The van der Waals surface area contributed by atoms with E-state index in [-0.39, 0.29) is 55.4 Å². The Bertz CT molecular complexity index is 1190. The van der Waals surface area contributed by atoms with Gasteiger partial charge in [0.05, 0.1) is 19.6 Å². The zero-order valence-electron chi connectivity index (χ0n) is 29.7. The van der Waals surface area contributed by atoms with Crippen LogP contribution >= 0.6 is 11.6 Å². The highest BCUT2D eigenvalue weighted by molar-refractivity contribution is 6.30. The smallest absolute Gasteiger partial charge is 0.306 e. The van der Waals surface area contributed by atoms with Gasteiger partial charge in [0.15, 0.2) is 5.78 Å². The van der Waals surface area contributed by atoms with Crippen LogP contribution in [-0.4, -0.2) is 61.3 Å². The topological polar surface area (TPSA) is 90.0 Å². The van der Waals surface area contributed by atoms with Crippen LogP contribution in [0.5, 0.6) is 0 Å². The van der Waals surface area contributed by atoms with Crippen LogP contribution < -0.4 is 0 Å². The van der Waals surface area contributed by atoms with Gasteiger partial charge >= 0.3 is 5.97 Å². The molecule has 7 nitrogen and oxygen atoms in total. The molecule has 1 amide bonds. The summed E-state index contributed by atoms with van der Waals surface area (Å²) in [4.78, 5) is 55.7. The molecule has 4 rings (SSSR count). The monoisotopic (exact) mass is 685 g/mol. The maximum absolute atomic E-state index is 14.3. The second kappa shape index (κ2) is 20.4. The minimum atomic E-state index is -0.489. The third-order valence-corrected chi connectivity index (χ3v) is 11.3. The van der Waals surface area contributed by atoms with Crippen molar-refractivity contribution in [3.05, 3.63) is 34.3 Å². The average Bonchev–Trinajstić information content (AvgIpc) is 3.31. The molecule has 2 heterocycles. The van der Waals surface area contributed by atoms with E-state index in [1.807, 2.05) is 6.07 Å². The summed E-state index contributed by atoms with van der Waals surface area (Å²) in [5.74, 6) is -0.00806. The maximum Gasteiger partial charge on any atom is 0.306 e. The number of hydrogen-bond acceptors (Lipinski definition) is 6. The molecule has 0 spiro atoms. The number of carbonyl (C=O) groups excluding carboxylic acids is 4. The molecular formula is C40H60ClNO6. The summed E-state index contributed by atoms with van der Waals surface area (Å²) >= 11 is 6.38. The summed E-state index contributed by atoms with van der Waals surface area (Å²) in [5, 5.41) is 0.728. The first-order chi connectivity index (χ1) is 23.3. The number of nitrogens with zero attached hydrogens (tertiary/aromatic N) is 1. The zero-order chi connectivity index (χ0) is 34.3. The lowest BCUT2D eigenvalue weighted by molar-refractivity contribution is -0.147. The number of amides is 1. The Kier molecular flexibility index (Phi) is 16.4. The number of halogens is 1. The van der Waals surface area contributed by atoms with Gasteiger partial charge in [0.2, 0.25) is 5.91 Å². The molecule has 268 valence electrons. The summed E-state index contributed by atoms with van der Waals surface area (Å²) in [6, 6.07) is 6.05. The number of likely N-dealkylation sites (tertiary alicyclic amines) is 1. The van der Waals surface area contributed by atoms with Gasteiger partial charge in [0.25, 0.3) is 0 Å². The summed E-state index contributed by atoms with van der Waals surface area (Å²) in [6.45, 7) is 6.38. The van der Waals surface area contributed by atoms with Crippen LogP contribution in [0.4, 0.5) is 0 Å². The largest absolute Gasteiger partial charge is 0.466 e. The second-order valence-corrected chi connectivity index (χ2v) is 15.2. The van der Waals surface area contributed by atoms with E-state index in [1.165, 1.54) is 30.4 Å². The number of benzene rings is 1. The van der Waals surface area contributed by atoms with E-state index >= 15 is 0 Å². The Balaban J connectivity index is 1.46. The quantitative estimate of drug-likeness (QED) is 0.113. The number of unbranched alkanes of at least 4 members (excludes halogenated alkanes) is 2. The van der Waals surface area contributed by atoms with Gasteiger partial charge in [-0.05, 0) is 106 Å². The molecule has 2 aliphatic heterocycles. The maximum atomic E-state index is 14.3. The van der Waals surface area contributed by atoms with Gasteiger partial charge in [-0.25, -0.2) is 0 Å². The summed E-state index contributed by atoms with van der Waals surface area (Å²) < 4.78 is 10.8. The summed E-state index contributed by atoms with van der Waals surface area (Å²) in [5.41, 5.74) is 2.45. The van der Waals surface area contributed by atoms with Gasteiger partial charge in [-0.1, -0.05) is 63.1 Å². The molecular weight excluding hydrogens is 626 g/mol. The van der Waals surface area contributed by atoms with Crippen molar-refractivity contribution in [1.82, 2.24) is 4.90 Å². The van der Waals surface area contributed by atoms with Crippen molar-refractivity contribution < 1.29 is 28.7 Å². The van der Waals surface area contributed by atoms with Crippen LogP contribution in [0.25, 0.3) is 0 Å². The van der Waals surface area contributed by atoms with Crippen LogP contribution in [0.3, 0.4) is 0 Å². The summed E-state index contributed by atoms with van der Waals surface area (Å²) in [6.07, 6.45) is 15.4. The standard InChI is InChI=1S/C40H60ClNO6/c1-3-5-13-33(26-39(45)48-4-2)38(44)25-34-23-30(11-7-6-10-29-12-9-21-47-22-19-29)24-36(43)28-42(40(34)46)20-18-32-16-17-35(41)27-37(32)31-14-8-15-31/h16-17,27,29-31,33-34H,3-15,18-26,28H2,1-2H3. The van der Waals surface area contributed by atoms with Crippen molar-refractivity contribution in [2.45, 2.75) is 135 Å². The number of esters is 1. The van der Waals surface area contributed by atoms with Crippen LogP contribution in [0.15, 0.2) is 18.2 Å². The van der Waals surface area contributed by atoms with E-state index in [2.05, 4.69) is 19.1 Å². The zero-order valence-corrected chi connectivity index (χ0v) is 30.4. The highest BCUT2D eigenvalue weighted by Crippen LogP contribution is 2.39. The van der Waals surface area contributed by atoms with E-state index in [4.69, 9.17) is 21.1 Å². The number of Topliss-reactive ketones (excluding diaryl/α,β-unsaturated/α-hetero) is 2. The molecule has 0 N–H and O–H groups in total. The van der Waals surface area contributed by atoms with Crippen molar-refractivity contribution in [2.24, 2.45) is 23.7 Å². The number of ether oxygens (including phenoxy) is 2. The molecule has 1 aromatic rings. The van der Waals surface area contributed by atoms with Crippen LogP contribution in [-0.2, 0) is 35.1 Å². The molecule has 1 aromatic carbocycles. The fraction of sp³-hybridized carbons (Fsp3) is 0.750. The number of hydrogen-bond donors (Lipinski definition) is 0. The Hall–Kier alpha value is -2.25. The lowest BCUT2D eigenvalue weighted by Crippen LogP contribution is -2.44. The van der Waals surface area contributed by atoms with Crippen LogP contribution in [0.2, 0.25) is 5.02 Å². The number of carbonyl (C=O) groups is 4. The fourth-order valence-corrected chi connectivity index (χ4v) is 8.21. The summed E-state index contributed by atoms with van der Waals surface area (Å²) in [7, 11) is 0. The Morgan fingerprint density at radius 1 is 1.00 bits per heavy atom. The third-order valence-electron chi connectivity index (χ3n) is 11.0. The van der Waals surface area contributed by atoms with Gasteiger partial charge in [0.1, 0.15) is 5.78 Å². The first kappa shape index (κ1) is 38.6. The molecule has 48 heavy (non-hydrogen) atoms. The molecule has 3 fully saturated rings. The highest BCUT2D eigenvalue weighted by Gasteiger charge is 2.35. The van der Waals surface area contributed by atoms with Crippen molar-refractivity contribution >= 4 is 35.0 Å². The van der Waals surface area contributed by atoms with Crippen LogP contribution in [0.1, 0.15) is 140 Å². The molecule has 1 saturated carbocycles. The van der Waals surface area contributed by atoms with Gasteiger partial charge in [-0.2, -0.15) is 0 Å². The van der Waals surface area contributed by atoms with E-state index in [1.54, 1.807) is 11.8 Å². The SMILES string of the molecule is CCCCC(CC(=O)OCC)C(=O)CC1CC(CCCCC2CCCOCC2)CC(=O)CN(CCc2ccc(Cl)cc2C2CCC2)C1=O. The van der Waals surface area contributed by atoms with Crippen molar-refractivity contribution in [3.63, 3.8) is 0 Å². The minimum Gasteiger partial charge on any atom is -0.466 e. The average molecular weight is 686 g/mol. The lowest BCUT2D eigenvalue weighted by Gasteiger charge is -2.33. The predicted octanol–water partition coefficient (Wildman–Crippen LogP) is 8.67. The van der Waals surface area contributed by atoms with Gasteiger partial charge in [-0.3, -0.25) is 19.2 Å². The first-order valence-electron chi connectivity index (χ1n) is 19.1. The van der Waals surface area contributed by atoms with E-state index < -0.39 is 11.8 Å². The van der Waals surface area contributed by atoms with Crippen molar-refractivity contribution in [1.29, 1.82) is 0 Å². The van der Waals surface area contributed by atoms with E-state index in [0.29, 0.717) is 44.1 Å². The van der Waals surface area contributed by atoms with Crippen LogP contribution in [0, 0.1) is 23.7 Å². The van der Waals surface area contributed by atoms with Gasteiger partial charge in [0, 0.05) is 49.5 Å². The Labute approximate surface area is 294 Å². The fourth-order valence-electron chi connectivity index (χ4n) is 8.03. The molecule has 2 saturated heterocycles. The van der Waals surface area contributed by atoms with E-state index in [9.17, 15) is 19.2 Å². The molecule has 8 heteroatoms. The lowest BCUT2D eigenvalue weighted by atomic mass is 9.77. The Morgan fingerprint density at radius 2 is 1.79 bits per heavy atom. The molecule has 4 unspecified atom stereocenters. The Morgan fingerprint density at radius 3 is 2.52 bits per heavy atom. The van der Waals surface area contributed by atoms with Gasteiger partial charge < -0.3 is 14.4 Å². The highest BCUT2D eigenvalue weighted by atomic mass is 35.5. The molecule has 1 aliphatic carbocycles. The van der Waals surface area contributed by atoms with Crippen molar-refractivity contribution in [2.75, 3.05) is 32.9 Å². The normalized spacial score (nSPS) is 23.1. The molecule has 0 bridgehead atoms. The molecule has 4 atom stereocenters. The first-order valence-corrected chi connectivity index (χ1v) is 19.5. The molecule has 0 aromatic heterocycles. The van der Waals surface area contributed by atoms with E-state index in [0.717, 1.165) is 76.0 Å². The third kappa shape index (κ3) is 12.3. The second-order valence-electron chi connectivity index (χ2n) is 14.7. The molecule has 0 radical (unpaired) electrons. The minimum absolute atomic E-state index is 0.0268. The number of rotatable bonds is 18. The van der Waals surface area contributed by atoms with Gasteiger partial charge in [-0.15, -0.1) is 0 Å². The number of ketones is 2.